The minimum Gasteiger partial charge on any atom is -0.357 e. The lowest BCUT2D eigenvalue weighted by atomic mass is 10.1. The zero-order chi connectivity index (χ0) is 24.2. The fraction of sp³-hybridized carbons (Fsp3) is 0.407. The van der Waals surface area contributed by atoms with Gasteiger partial charge in [0, 0.05) is 57.1 Å². The van der Waals surface area contributed by atoms with E-state index in [9.17, 15) is 0 Å². The molecule has 0 saturated carbocycles. The number of hydrogen-bond acceptors (Lipinski definition) is 6. The molecule has 0 bridgehead atoms. The fourth-order valence-electron chi connectivity index (χ4n) is 4.74. The van der Waals surface area contributed by atoms with Crippen LogP contribution in [-0.2, 0) is 0 Å². The monoisotopic (exact) mass is 470 g/mol. The molecule has 2 aliphatic rings. The van der Waals surface area contributed by atoms with Gasteiger partial charge < -0.3 is 14.8 Å². The van der Waals surface area contributed by atoms with E-state index in [1.807, 2.05) is 42.6 Å². The summed E-state index contributed by atoms with van der Waals surface area (Å²) in [6.45, 7) is 10.5. The first-order valence-corrected chi connectivity index (χ1v) is 12.6. The summed E-state index contributed by atoms with van der Waals surface area (Å²) in [4.78, 5) is 24.3. The number of imidazole rings is 1. The normalized spacial score (nSPS) is 17.1. The summed E-state index contributed by atoms with van der Waals surface area (Å²) >= 11 is 0. The van der Waals surface area contributed by atoms with Crippen molar-refractivity contribution in [3.8, 4) is 22.6 Å². The zero-order valence-corrected chi connectivity index (χ0v) is 20.6. The molecule has 8 heteroatoms. The number of nitrogens with one attached hydrogen (secondary N) is 2. The molecule has 0 aromatic carbocycles. The van der Waals surface area contributed by atoms with Crippen molar-refractivity contribution in [2.75, 3.05) is 44.2 Å². The Morgan fingerprint density at radius 2 is 1.77 bits per heavy atom. The third-order valence-corrected chi connectivity index (χ3v) is 6.88. The molecular weight excluding hydrogens is 436 g/mol. The third kappa shape index (κ3) is 5.43. The van der Waals surface area contributed by atoms with E-state index >= 15 is 0 Å². The number of amidine groups is 1. The van der Waals surface area contributed by atoms with Crippen LogP contribution in [0.4, 0.5) is 5.82 Å². The van der Waals surface area contributed by atoms with Gasteiger partial charge >= 0.3 is 0 Å². The van der Waals surface area contributed by atoms with E-state index in [0.717, 1.165) is 86.4 Å². The third-order valence-electron chi connectivity index (χ3n) is 6.88. The SMILES string of the molecule is CC(C)N1CCN(c2cc(-c3cccc(-c4cnc(/C=C\C(=N)N5CCCC5)[nH]4)n3)ccn2)CC1. The summed E-state index contributed by atoms with van der Waals surface area (Å²) < 4.78 is 0. The van der Waals surface area contributed by atoms with Crippen LogP contribution in [0.1, 0.15) is 32.5 Å². The van der Waals surface area contributed by atoms with Gasteiger partial charge in [-0.1, -0.05) is 6.07 Å². The standard InChI is InChI=1S/C27H34N8/c1-20(2)33-14-16-35(17-15-33)27-18-21(10-11-29-27)22-6-5-7-23(31-22)24-19-30-26(32-24)9-8-25(28)34-12-3-4-13-34/h5-11,18-20,28H,3-4,12-17H2,1-2H3,(H,30,32)/b9-8-,28-25?. The van der Waals surface area contributed by atoms with Crippen molar-refractivity contribution in [3.05, 3.63) is 54.6 Å². The number of nitrogens with zero attached hydrogens (tertiary/aromatic N) is 6. The largest absolute Gasteiger partial charge is 0.357 e. The van der Waals surface area contributed by atoms with Crippen LogP contribution in [0.25, 0.3) is 28.7 Å². The molecule has 2 N–H and O–H groups in total. The first-order chi connectivity index (χ1) is 17.1. The lowest BCUT2D eigenvalue weighted by Gasteiger charge is -2.37. The highest BCUT2D eigenvalue weighted by Crippen LogP contribution is 2.25. The minimum absolute atomic E-state index is 0.541. The topological polar surface area (TPSA) is 88.0 Å². The molecule has 0 unspecified atom stereocenters. The van der Waals surface area contributed by atoms with Crippen LogP contribution in [0.5, 0.6) is 0 Å². The maximum Gasteiger partial charge on any atom is 0.130 e. The van der Waals surface area contributed by atoms with E-state index in [1.165, 1.54) is 0 Å². The second kappa shape index (κ2) is 10.4. The van der Waals surface area contributed by atoms with E-state index in [-0.39, 0.29) is 0 Å². The number of piperazine rings is 1. The molecule has 0 spiro atoms. The van der Waals surface area contributed by atoms with Gasteiger partial charge in [-0.25, -0.2) is 15.0 Å². The Kier molecular flexibility index (Phi) is 6.90. The van der Waals surface area contributed by atoms with Crippen molar-refractivity contribution in [1.82, 2.24) is 29.7 Å². The highest BCUT2D eigenvalue weighted by atomic mass is 15.3. The molecule has 3 aromatic heterocycles. The van der Waals surface area contributed by atoms with Gasteiger partial charge in [-0.05, 0) is 63.1 Å². The predicted octanol–water partition coefficient (Wildman–Crippen LogP) is 4.15. The van der Waals surface area contributed by atoms with Gasteiger partial charge in [0.15, 0.2) is 0 Å². The summed E-state index contributed by atoms with van der Waals surface area (Å²) in [5.74, 6) is 2.27. The number of pyridine rings is 2. The number of anilines is 1. The molecule has 182 valence electrons. The van der Waals surface area contributed by atoms with Crippen LogP contribution in [0.2, 0.25) is 0 Å². The van der Waals surface area contributed by atoms with Gasteiger partial charge in [-0.3, -0.25) is 10.3 Å². The van der Waals surface area contributed by atoms with Crippen LogP contribution >= 0.6 is 0 Å². The van der Waals surface area contributed by atoms with Gasteiger partial charge in [0.25, 0.3) is 0 Å². The van der Waals surface area contributed by atoms with Crippen molar-refractivity contribution >= 4 is 17.7 Å². The van der Waals surface area contributed by atoms with Gasteiger partial charge in [0.2, 0.25) is 0 Å². The molecule has 8 nitrogen and oxygen atoms in total. The highest BCUT2D eigenvalue weighted by Gasteiger charge is 2.20. The van der Waals surface area contributed by atoms with E-state index in [1.54, 1.807) is 6.20 Å². The molecule has 2 saturated heterocycles. The first-order valence-electron chi connectivity index (χ1n) is 12.6. The molecule has 5 heterocycles. The van der Waals surface area contributed by atoms with Crippen molar-refractivity contribution in [2.24, 2.45) is 0 Å². The van der Waals surface area contributed by atoms with E-state index in [0.29, 0.717) is 11.9 Å². The molecule has 0 radical (unpaired) electrons. The van der Waals surface area contributed by atoms with E-state index in [4.69, 9.17) is 10.4 Å². The van der Waals surface area contributed by atoms with Gasteiger partial charge in [-0.2, -0.15) is 0 Å². The Hall–Kier alpha value is -3.52. The number of H-pyrrole nitrogens is 1. The molecule has 35 heavy (non-hydrogen) atoms. The van der Waals surface area contributed by atoms with Crippen molar-refractivity contribution in [1.29, 1.82) is 5.41 Å². The Bertz CT molecular complexity index is 1180. The molecule has 2 fully saturated rings. The molecule has 0 aliphatic carbocycles. The van der Waals surface area contributed by atoms with Crippen LogP contribution in [0.15, 0.2) is 48.8 Å². The summed E-state index contributed by atoms with van der Waals surface area (Å²) in [5, 5.41) is 8.22. The Balaban J connectivity index is 1.29. The van der Waals surface area contributed by atoms with Gasteiger partial charge in [0.05, 0.1) is 23.3 Å². The molecule has 0 amide bonds. The quantitative estimate of drug-likeness (QED) is 0.416. The molecule has 3 aromatic rings. The fourth-order valence-corrected chi connectivity index (χ4v) is 4.74. The summed E-state index contributed by atoms with van der Waals surface area (Å²) in [7, 11) is 0. The van der Waals surface area contributed by atoms with E-state index < -0.39 is 0 Å². The minimum atomic E-state index is 0.541. The maximum atomic E-state index is 8.22. The maximum absolute atomic E-state index is 8.22. The summed E-state index contributed by atoms with van der Waals surface area (Å²) in [5.41, 5.74) is 3.67. The Morgan fingerprint density at radius 3 is 2.54 bits per heavy atom. The first kappa shape index (κ1) is 23.2. The second-order valence-electron chi connectivity index (χ2n) is 9.52. The van der Waals surface area contributed by atoms with E-state index in [2.05, 4.69) is 49.6 Å². The Labute approximate surface area is 207 Å². The lowest BCUT2D eigenvalue weighted by molar-refractivity contribution is 0.209. The number of aromatic nitrogens is 4. The highest BCUT2D eigenvalue weighted by molar-refractivity contribution is 5.93. The van der Waals surface area contributed by atoms with Crippen LogP contribution in [0.3, 0.4) is 0 Å². The van der Waals surface area contributed by atoms with Crippen molar-refractivity contribution < 1.29 is 0 Å². The summed E-state index contributed by atoms with van der Waals surface area (Å²) in [6.07, 6.45) is 9.69. The van der Waals surface area contributed by atoms with Crippen LogP contribution in [0, 0.1) is 5.41 Å². The molecule has 5 rings (SSSR count). The van der Waals surface area contributed by atoms with Crippen molar-refractivity contribution in [3.63, 3.8) is 0 Å². The lowest BCUT2D eigenvalue weighted by Crippen LogP contribution is -2.49. The summed E-state index contributed by atoms with van der Waals surface area (Å²) in [6, 6.07) is 10.8. The molecule has 0 atom stereocenters. The number of rotatable bonds is 6. The van der Waals surface area contributed by atoms with Crippen LogP contribution < -0.4 is 4.90 Å². The number of hydrogen-bond donors (Lipinski definition) is 2. The zero-order valence-electron chi connectivity index (χ0n) is 20.6. The smallest absolute Gasteiger partial charge is 0.130 e. The second-order valence-corrected chi connectivity index (χ2v) is 9.52. The molecule has 2 aliphatic heterocycles. The predicted molar refractivity (Wildman–Crippen MR) is 142 cm³/mol. The van der Waals surface area contributed by atoms with Gasteiger partial charge in [0.1, 0.15) is 17.5 Å². The van der Waals surface area contributed by atoms with Crippen LogP contribution in [-0.4, -0.2) is 80.9 Å². The molecular formula is C27H34N8. The average molecular weight is 471 g/mol. The van der Waals surface area contributed by atoms with Gasteiger partial charge in [-0.15, -0.1) is 0 Å². The number of aromatic amines is 1. The average Bonchev–Trinajstić information content (AvgIpc) is 3.60. The Morgan fingerprint density at radius 1 is 1.00 bits per heavy atom. The van der Waals surface area contributed by atoms with Crippen molar-refractivity contribution in [2.45, 2.75) is 32.7 Å². The number of likely N-dealkylation sites (tertiary alicyclic amines) is 1.